The van der Waals surface area contributed by atoms with Crippen molar-refractivity contribution >= 4 is 11.9 Å². The molecule has 0 aromatic heterocycles. The maximum Gasteiger partial charge on any atom is 0.156 e. The van der Waals surface area contributed by atoms with Gasteiger partial charge >= 0.3 is 0 Å². The van der Waals surface area contributed by atoms with Crippen LogP contribution < -0.4 is 5.32 Å². The van der Waals surface area contributed by atoms with Crippen LogP contribution in [0.2, 0.25) is 0 Å². The van der Waals surface area contributed by atoms with Crippen molar-refractivity contribution < 1.29 is 9.90 Å². The van der Waals surface area contributed by atoms with E-state index in [1.807, 2.05) is 43.3 Å². The third-order valence-electron chi connectivity index (χ3n) is 4.14. The fraction of sp³-hybridized carbons (Fsp3) is 0.450. The van der Waals surface area contributed by atoms with Gasteiger partial charge in [0.1, 0.15) is 0 Å². The van der Waals surface area contributed by atoms with Gasteiger partial charge in [-0.25, -0.2) is 0 Å². The molecule has 1 unspecified atom stereocenters. The lowest BCUT2D eigenvalue weighted by atomic mass is 9.77. The zero-order valence-electron chi connectivity index (χ0n) is 14.3. The molecule has 1 aliphatic rings. The van der Waals surface area contributed by atoms with Gasteiger partial charge in [-0.3, -0.25) is 4.79 Å². The zero-order valence-corrected chi connectivity index (χ0v) is 14.3. The second-order valence-electron chi connectivity index (χ2n) is 7.00. The van der Waals surface area contributed by atoms with E-state index in [-0.39, 0.29) is 23.8 Å². The van der Waals surface area contributed by atoms with E-state index in [1.54, 1.807) is 6.08 Å². The number of carbonyl (C=O) groups is 1. The molecule has 1 aliphatic carbocycles. The van der Waals surface area contributed by atoms with Crippen molar-refractivity contribution in [3.63, 3.8) is 0 Å². The van der Waals surface area contributed by atoms with Crippen LogP contribution in [0.15, 0.2) is 42.0 Å². The summed E-state index contributed by atoms with van der Waals surface area (Å²) in [6, 6.07) is 8.14. The first kappa shape index (κ1) is 17.6. The summed E-state index contributed by atoms with van der Waals surface area (Å²) in [4.78, 5) is 11.8. The van der Waals surface area contributed by atoms with Crippen LogP contribution in [0.4, 0.5) is 0 Å². The molecule has 2 rings (SSSR count). The van der Waals surface area contributed by atoms with E-state index in [2.05, 4.69) is 19.2 Å². The smallest absolute Gasteiger partial charge is 0.156 e. The van der Waals surface area contributed by atoms with Crippen LogP contribution in [0.25, 0.3) is 6.08 Å². The van der Waals surface area contributed by atoms with Crippen molar-refractivity contribution in [1.29, 1.82) is 0 Å². The molecule has 0 saturated carbocycles. The van der Waals surface area contributed by atoms with E-state index < -0.39 is 0 Å². The molecule has 23 heavy (non-hydrogen) atoms. The molecule has 124 valence electrons. The second kappa shape index (κ2) is 7.71. The number of allylic oxidation sites excluding steroid dienone is 3. The lowest BCUT2D eigenvalue weighted by molar-refractivity contribution is -0.116. The molecule has 1 aromatic rings. The number of carbonyl (C=O) groups excluding carboxylic acids is 1. The van der Waals surface area contributed by atoms with E-state index in [0.29, 0.717) is 6.42 Å². The van der Waals surface area contributed by atoms with Crippen LogP contribution in [-0.2, 0) is 4.79 Å². The Hall–Kier alpha value is -1.71. The Labute approximate surface area is 139 Å². The first-order chi connectivity index (χ1) is 10.9. The van der Waals surface area contributed by atoms with Crippen molar-refractivity contribution in [3.05, 3.63) is 53.1 Å². The van der Waals surface area contributed by atoms with Crippen molar-refractivity contribution in [2.24, 2.45) is 5.41 Å². The average Bonchev–Trinajstić information content (AvgIpc) is 2.49. The van der Waals surface area contributed by atoms with E-state index in [9.17, 15) is 9.90 Å². The second-order valence-corrected chi connectivity index (χ2v) is 7.00. The summed E-state index contributed by atoms with van der Waals surface area (Å²) < 4.78 is 0. The van der Waals surface area contributed by atoms with E-state index in [1.165, 1.54) is 0 Å². The number of hydrogen-bond donors (Lipinski definition) is 2. The maximum atomic E-state index is 11.8. The Balaban J connectivity index is 2.07. The Morgan fingerprint density at radius 3 is 2.48 bits per heavy atom. The van der Waals surface area contributed by atoms with Gasteiger partial charge in [-0.2, -0.15) is 0 Å². The van der Waals surface area contributed by atoms with Gasteiger partial charge in [-0.15, -0.1) is 0 Å². The SMILES string of the molecule is CCNC(CO)c1ccc(C=CC2=CC(=O)CC(C)(C)C2)cc1. The number of aliphatic hydroxyl groups is 1. The first-order valence-electron chi connectivity index (χ1n) is 8.29. The van der Waals surface area contributed by atoms with E-state index >= 15 is 0 Å². The van der Waals surface area contributed by atoms with Crippen LogP contribution in [0.5, 0.6) is 0 Å². The van der Waals surface area contributed by atoms with Crippen LogP contribution >= 0.6 is 0 Å². The molecule has 0 heterocycles. The number of benzene rings is 1. The number of nitrogens with one attached hydrogen (secondary N) is 1. The summed E-state index contributed by atoms with van der Waals surface area (Å²) >= 11 is 0. The monoisotopic (exact) mass is 313 g/mol. The van der Waals surface area contributed by atoms with Crippen molar-refractivity contribution in [1.82, 2.24) is 5.32 Å². The molecule has 0 aliphatic heterocycles. The summed E-state index contributed by atoms with van der Waals surface area (Å²) in [5, 5.41) is 12.7. The summed E-state index contributed by atoms with van der Waals surface area (Å²) in [5.41, 5.74) is 3.32. The van der Waals surface area contributed by atoms with E-state index in [0.717, 1.165) is 29.7 Å². The molecule has 0 bridgehead atoms. The van der Waals surface area contributed by atoms with Crippen molar-refractivity contribution in [3.8, 4) is 0 Å². The molecule has 3 nitrogen and oxygen atoms in total. The average molecular weight is 313 g/mol. The number of ketones is 1. The molecule has 0 spiro atoms. The van der Waals surface area contributed by atoms with Gasteiger partial charge in [0.2, 0.25) is 0 Å². The molecule has 0 fully saturated rings. The van der Waals surface area contributed by atoms with Crippen LogP contribution in [0.1, 0.15) is 50.8 Å². The zero-order chi connectivity index (χ0) is 16.9. The highest BCUT2D eigenvalue weighted by Crippen LogP contribution is 2.34. The Bertz CT molecular complexity index is 597. The third kappa shape index (κ3) is 5.15. The number of rotatable bonds is 6. The lowest BCUT2D eigenvalue weighted by Crippen LogP contribution is -2.23. The molecule has 2 N–H and O–H groups in total. The Kier molecular flexibility index (Phi) is 5.91. The number of likely N-dealkylation sites (N-methyl/N-ethyl adjacent to an activating group) is 1. The maximum absolute atomic E-state index is 11.8. The van der Waals surface area contributed by atoms with Crippen molar-refractivity contribution in [2.45, 2.75) is 39.7 Å². The minimum absolute atomic E-state index is 0.0162. The molecule has 0 amide bonds. The summed E-state index contributed by atoms with van der Waals surface area (Å²) in [7, 11) is 0. The minimum atomic E-state index is -0.0162. The van der Waals surface area contributed by atoms with Crippen LogP contribution in [0, 0.1) is 5.41 Å². The molecular formula is C20H27NO2. The molecular weight excluding hydrogens is 286 g/mol. The van der Waals surface area contributed by atoms with Gasteiger partial charge in [-0.1, -0.05) is 57.2 Å². The van der Waals surface area contributed by atoms with Gasteiger partial charge in [0, 0.05) is 6.42 Å². The highest BCUT2D eigenvalue weighted by atomic mass is 16.3. The van der Waals surface area contributed by atoms with Crippen LogP contribution in [0.3, 0.4) is 0 Å². The summed E-state index contributed by atoms with van der Waals surface area (Å²) in [6.07, 6.45) is 7.42. The molecule has 1 aromatic carbocycles. The predicted octanol–water partition coefficient (Wildman–Crippen LogP) is 3.66. The Morgan fingerprint density at radius 2 is 1.91 bits per heavy atom. The highest BCUT2D eigenvalue weighted by molar-refractivity contribution is 5.92. The van der Waals surface area contributed by atoms with Gasteiger partial charge in [-0.05, 0) is 41.2 Å². The van der Waals surface area contributed by atoms with Gasteiger partial charge in [0.05, 0.1) is 12.6 Å². The molecule has 3 heteroatoms. The molecule has 1 atom stereocenters. The standard InChI is InChI=1S/C20H27NO2/c1-4-21-19(14-22)17-9-7-15(8-10-17)5-6-16-11-18(23)13-20(2,3)12-16/h5-11,19,21-22H,4,12-14H2,1-3H3. The largest absolute Gasteiger partial charge is 0.394 e. The summed E-state index contributed by atoms with van der Waals surface area (Å²) in [5.74, 6) is 0.215. The van der Waals surface area contributed by atoms with Crippen LogP contribution in [-0.4, -0.2) is 24.0 Å². The fourth-order valence-corrected chi connectivity index (χ4v) is 3.08. The molecule has 0 radical (unpaired) electrons. The number of aliphatic hydroxyl groups excluding tert-OH is 1. The van der Waals surface area contributed by atoms with Crippen molar-refractivity contribution in [2.75, 3.05) is 13.2 Å². The quantitative estimate of drug-likeness (QED) is 0.842. The fourth-order valence-electron chi connectivity index (χ4n) is 3.08. The normalized spacial score (nSPS) is 19.0. The Morgan fingerprint density at radius 1 is 1.22 bits per heavy atom. The predicted molar refractivity (Wildman–Crippen MR) is 95.1 cm³/mol. The summed E-state index contributed by atoms with van der Waals surface area (Å²) in [6.45, 7) is 7.21. The lowest BCUT2D eigenvalue weighted by Gasteiger charge is -2.27. The highest BCUT2D eigenvalue weighted by Gasteiger charge is 2.26. The van der Waals surface area contributed by atoms with E-state index in [4.69, 9.17) is 0 Å². The van der Waals surface area contributed by atoms with Gasteiger partial charge in [0.25, 0.3) is 0 Å². The van der Waals surface area contributed by atoms with Gasteiger partial charge in [0.15, 0.2) is 5.78 Å². The minimum Gasteiger partial charge on any atom is -0.394 e. The number of hydrogen-bond acceptors (Lipinski definition) is 3. The first-order valence-corrected chi connectivity index (χ1v) is 8.29. The molecule has 0 saturated heterocycles. The topological polar surface area (TPSA) is 49.3 Å². The third-order valence-corrected chi connectivity index (χ3v) is 4.14. The van der Waals surface area contributed by atoms with Gasteiger partial charge < -0.3 is 10.4 Å².